The van der Waals surface area contributed by atoms with Crippen LogP contribution < -0.4 is 9.80 Å². The highest BCUT2D eigenvalue weighted by atomic mass is 32.1. The molecule has 1 saturated carbocycles. The van der Waals surface area contributed by atoms with Crippen LogP contribution in [0.3, 0.4) is 0 Å². The third-order valence-electron chi connectivity index (χ3n) is 7.59. The molecule has 0 amide bonds. The zero-order valence-corrected chi connectivity index (χ0v) is 18.0. The van der Waals surface area contributed by atoms with Gasteiger partial charge in [0.15, 0.2) is 5.82 Å². The highest BCUT2D eigenvalue weighted by Gasteiger charge is 2.40. The lowest BCUT2D eigenvalue weighted by molar-refractivity contribution is 0.122. The molecule has 3 fully saturated rings. The number of rotatable bonds is 2. The topological polar surface area (TPSA) is 67.3 Å². The number of anilines is 2. The van der Waals surface area contributed by atoms with E-state index in [-0.39, 0.29) is 0 Å². The SMILES string of the molecule is C1CCc2c(c(N3CCOCC3)nc3sc4c(N5CC6CCC5C6)nnnc4c23)C1. The van der Waals surface area contributed by atoms with Crippen LogP contribution in [-0.2, 0) is 17.6 Å². The summed E-state index contributed by atoms with van der Waals surface area (Å²) in [7, 11) is 0. The molecule has 7 rings (SSSR count). The predicted octanol–water partition coefficient (Wildman–Crippen LogP) is 3.34. The van der Waals surface area contributed by atoms with Crippen molar-refractivity contribution in [1.82, 2.24) is 20.4 Å². The first-order chi connectivity index (χ1) is 14.9. The van der Waals surface area contributed by atoms with E-state index in [0.29, 0.717) is 6.04 Å². The second-order valence-corrected chi connectivity index (χ2v) is 10.3. The van der Waals surface area contributed by atoms with Crippen LogP contribution in [0.5, 0.6) is 0 Å². The van der Waals surface area contributed by atoms with Crippen molar-refractivity contribution in [3.05, 3.63) is 11.1 Å². The Balaban J connectivity index is 1.44. The number of thiophene rings is 1. The fourth-order valence-corrected chi connectivity index (χ4v) is 7.30. The summed E-state index contributed by atoms with van der Waals surface area (Å²) in [5.74, 6) is 3.07. The summed E-state index contributed by atoms with van der Waals surface area (Å²) in [6.45, 7) is 4.56. The maximum atomic E-state index is 5.60. The molecule has 2 atom stereocenters. The van der Waals surface area contributed by atoms with E-state index in [4.69, 9.17) is 9.72 Å². The van der Waals surface area contributed by atoms with Gasteiger partial charge in [0.05, 0.1) is 13.2 Å². The minimum atomic E-state index is 0.630. The molecule has 0 radical (unpaired) electrons. The van der Waals surface area contributed by atoms with Gasteiger partial charge in [-0.25, -0.2) is 4.98 Å². The number of aromatic nitrogens is 4. The standard InChI is InChI=1S/C22H26N6OS/c1-2-4-16-15(3-1)17-18-19(30-22(17)23-20(16)27-7-9-29-10-8-27)21(25-26-24-18)28-12-13-5-6-14(28)11-13/h13-14H,1-12H2. The van der Waals surface area contributed by atoms with Gasteiger partial charge in [-0.15, -0.1) is 21.5 Å². The molecule has 8 heteroatoms. The zero-order chi connectivity index (χ0) is 19.7. The molecular formula is C22H26N6OS. The number of nitrogens with zero attached hydrogens (tertiary/aromatic N) is 6. The number of hydrogen-bond acceptors (Lipinski definition) is 8. The van der Waals surface area contributed by atoms with Gasteiger partial charge in [-0.2, -0.15) is 0 Å². The van der Waals surface area contributed by atoms with Gasteiger partial charge in [0.2, 0.25) is 0 Å². The van der Waals surface area contributed by atoms with E-state index in [1.807, 2.05) is 0 Å². The summed E-state index contributed by atoms with van der Waals surface area (Å²) in [5, 5.41) is 14.6. The van der Waals surface area contributed by atoms with Crippen LogP contribution in [0, 0.1) is 5.92 Å². The fourth-order valence-electron chi connectivity index (χ4n) is 6.16. The van der Waals surface area contributed by atoms with Crippen LogP contribution in [-0.4, -0.2) is 59.3 Å². The van der Waals surface area contributed by atoms with Crippen molar-refractivity contribution in [3.8, 4) is 0 Å². The van der Waals surface area contributed by atoms with E-state index in [0.717, 1.165) is 67.8 Å². The van der Waals surface area contributed by atoms with Crippen LogP contribution >= 0.6 is 11.3 Å². The van der Waals surface area contributed by atoms with E-state index in [2.05, 4.69) is 25.2 Å². The third-order valence-corrected chi connectivity index (χ3v) is 8.66. The number of piperidine rings is 1. The molecule has 2 bridgehead atoms. The molecule has 30 heavy (non-hydrogen) atoms. The summed E-state index contributed by atoms with van der Waals surface area (Å²) < 4.78 is 6.79. The van der Waals surface area contributed by atoms with E-state index >= 15 is 0 Å². The summed E-state index contributed by atoms with van der Waals surface area (Å²) in [4.78, 5) is 11.3. The van der Waals surface area contributed by atoms with Crippen molar-refractivity contribution in [2.75, 3.05) is 42.6 Å². The van der Waals surface area contributed by atoms with Crippen LogP contribution in [0.1, 0.15) is 43.2 Å². The number of morpholine rings is 1. The Morgan fingerprint density at radius 1 is 0.967 bits per heavy atom. The lowest BCUT2D eigenvalue weighted by Gasteiger charge is -2.31. The van der Waals surface area contributed by atoms with E-state index in [1.54, 1.807) is 11.3 Å². The van der Waals surface area contributed by atoms with Gasteiger partial charge in [0.1, 0.15) is 20.9 Å². The minimum Gasteiger partial charge on any atom is -0.378 e. The van der Waals surface area contributed by atoms with Crippen LogP contribution in [0.25, 0.3) is 20.4 Å². The summed E-state index contributed by atoms with van der Waals surface area (Å²) in [6, 6.07) is 0.630. The van der Waals surface area contributed by atoms with Gasteiger partial charge in [0, 0.05) is 31.1 Å². The number of ether oxygens (including phenoxy) is 1. The average molecular weight is 423 g/mol. The van der Waals surface area contributed by atoms with Crippen molar-refractivity contribution in [3.63, 3.8) is 0 Å². The monoisotopic (exact) mass is 422 g/mol. The number of pyridine rings is 1. The first-order valence-corrected chi connectivity index (χ1v) is 12.2. The van der Waals surface area contributed by atoms with Crippen LogP contribution in [0.4, 0.5) is 11.6 Å². The molecule has 0 spiro atoms. The van der Waals surface area contributed by atoms with Crippen molar-refractivity contribution in [2.45, 2.75) is 51.0 Å². The zero-order valence-electron chi connectivity index (χ0n) is 17.1. The molecule has 156 valence electrons. The Morgan fingerprint density at radius 2 is 1.83 bits per heavy atom. The minimum absolute atomic E-state index is 0.630. The molecule has 5 heterocycles. The van der Waals surface area contributed by atoms with Gasteiger partial charge in [0.25, 0.3) is 0 Å². The molecule has 0 N–H and O–H groups in total. The third kappa shape index (κ3) is 2.52. The van der Waals surface area contributed by atoms with Crippen molar-refractivity contribution in [2.24, 2.45) is 5.92 Å². The van der Waals surface area contributed by atoms with Gasteiger partial charge >= 0.3 is 0 Å². The summed E-state index contributed by atoms with van der Waals surface area (Å²) >= 11 is 1.78. The molecule has 7 nitrogen and oxygen atoms in total. The maximum Gasteiger partial charge on any atom is 0.173 e. The van der Waals surface area contributed by atoms with Gasteiger partial charge in [-0.05, 0) is 67.2 Å². The quantitative estimate of drug-likeness (QED) is 0.627. The first-order valence-electron chi connectivity index (χ1n) is 11.4. The van der Waals surface area contributed by atoms with Crippen LogP contribution in [0.15, 0.2) is 0 Å². The average Bonchev–Trinajstić information content (AvgIpc) is 3.53. The number of hydrogen-bond donors (Lipinski definition) is 0. The number of fused-ring (bicyclic) bond motifs is 7. The second-order valence-electron chi connectivity index (χ2n) is 9.26. The molecule has 4 aliphatic rings. The second kappa shape index (κ2) is 6.72. The summed E-state index contributed by atoms with van der Waals surface area (Å²) in [5.41, 5.74) is 3.94. The largest absolute Gasteiger partial charge is 0.378 e. The highest BCUT2D eigenvalue weighted by Crippen LogP contribution is 2.46. The van der Waals surface area contributed by atoms with Crippen LogP contribution in [0.2, 0.25) is 0 Å². The highest BCUT2D eigenvalue weighted by molar-refractivity contribution is 7.26. The van der Waals surface area contributed by atoms with Gasteiger partial charge in [-0.1, -0.05) is 0 Å². The van der Waals surface area contributed by atoms with Crippen molar-refractivity contribution in [1.29, 1.82) is 0 Å². The first kappa shape index (κ1) is 17.6. The molecule has 2 unspecified atom stereocenters. The Labute approximate surface area is 179 Å². The smallest absolute Gasteiger partial charge is 0.173 e. The molecule has 2 saturated heterocycles. The normalized spacial score (nSPS) is 26.1. The lowest BCUT2D eigenvalue weighted by Crippen LogP contribution is -2.37. The fraction of sp³-hybridized carbons (Fsp3) is 0.636. The summed E-state index contributed by atoms with van der Waals surface area (Å²) in [6.07, 6.45) is 8.69. The van der Waals surface area contributed by atoms with E-state index < -0.39 is 0 Å². The molecule has 3 aromatic heterocycles. The van der Waals surface area contributed by atoms with Gasteiger partial charge < -0.3 is 14.5 Å². The Hall–Kier alpha value is -2.06. The van der Waals surface area contributed by atoms with E-state index in [9.17, 15) is 0 Å². The maximum absolute atomic E-state index is 5.60. The Morgan fingerprint density at radius 3 is 2.63 bits per heavy atom. The van der Waals surface area contributed by atoms with E-state index in [1.165, 1.54) is 59.1 Å². The Bertz CT molecular complexity index is 1140. The Kier molecular flexibility index (Phi) is 3.94. The number of aryl methyl sites for hydroxylation is 1. The van der Waals surface area contributed by atoms with Crippen molar-refractivity contribution < 1.29 is 4.74 Å². The molecule has 2 aliphatic carbocycles. The molecular weight excluding hydrogens is 396 g/mol. The molecule has 3 aromatic rings. The van der Waals surface area contributed by atoms with Crippen molar-refractivity contribution >= 4 is 43.4 Å². The lowest BCUT2D eigenvalue weighted by atomic mass is 9.90. The predicted molar refractivity (Wildman–Crippen MR) is 119 cm³/mol. The molecule has 2 aliphatic heterocycles. The molecule has 0 aromatic carbocycles. The van der Waals surface area contributed by atoms with Gasteiger partial charge in [-0.3, -0.25) is 0 Å².